The SMILES string of the molecule is CC1CCN(C(=O)CNC(C)CCCC(C)C(=O)O)CC1. The normalized spacial score (nSPS) is 19.3. The predicted octanol–water partition coefficient (Wildman–Crippen LogP) is 2.11. The van der Waals surface area contributed by atoms with Gasteiger partial charge in [-0.15, -0.1) is 0 Å². The molecule has 0 aromatic carbocycles. The summed E-state index contributed by atoms with van der Waals surface area (Å²) in [6, 6.07) is 0.249. The third kappa shape index (κ3) is 6.93. The van der Waals surface area contributed by atoms with Gasteiger partial charge in [0.25, 0.3) is 0 Å². The zero-order chi connectivity index (χ0) is 15.8. The van der Waals surface area contributed by atoms with Gasteiger partial charge in [0, 0.05) is 19.1 Å². The molecule has 2 N–H and O–H groups in total. The summed E-state index contributed by atoms with van der Waals surface area (Å²) < 4.78 is 0. The molecule has 5 heteroatoms. The number of hydrogen-bond acceptors (Lipinski definition) is 3. The van der Waals surface area contributed by atoms with E-state index in [2.05, 4.69) is 19.2 Å². The van der Waals surface area contributed by atoms with Crippen LogP contribution in [-0.4, -0.2) is 47.6 Å². The van der Waals surface area contributed by atoms with Crippen LogP contribution in [0.4, 0.5) is 0 Å². The minimum atomic E-state index is -0.731. The topological polar surface area (TPSA) is 69.6 Å². The van der Waals surface area contributed by atoms with Gasteiger partial charge in [-0.25, -0.2) is 0 Å². The molecule has 1 amide bonds. The molecule has 1 saturated heterocycles. The van der Waals surface area contributed by atoms with E-state index in [1.807, 2.05) is 4.90 Å². The smallest absolute Gasteiger partial charge is 0.306 e. The van der Waals surface area contributed by atoms with Gasteiger partial charge in [-0.3, -0.25) is 9.59 Å². The third-order valence-corrected chi connectivity index (χ3v) is 4.43. The van der Waals surface area contributed by atoms with Crippen molar-refractivity contribution < 1.29 is 14.7 Å². The van der Waals surface area contributed by atoms with Crippen LogP contribution in [0.5, 0.6) is 0 Å². The van der Waals surface area contributed by atoms with Gasteiger partial charge in [-0.05, 0) is 38.5 Å². The van der Waals surface area contributed by atoms with Crippen molar-refractivity contribution in [3.05, 3.63) is 0 Å². The number of piperidine rings is 1. The lowest BCUT2D eigenvalue weighted by Gasteiger charge is -2.30. The first kappa shape index (κ1) is 18.0. The fourth-order valence-corrected chi connectivity index (χ4v) is 2.59. The van der Waals surface area contributed by atoms with Gasteiger partial charge in [0.15, 0.2) is 0 Å². The Bertz CT molecular complexity index is 338. The molecule has 0 spiro atoms. The van der Waals surface area contributed by atoms with Gasteiger partial charge in [-0.2, -0.15) is 0 Å². The second-order valence-electron chi connectivity index (χ2n) is 6.52. The molecule has 122 valence electrons. The highest BCUT2D eigenvalue weighted by Gasteiger charge is 2.20. The molecule has 0 aromatic heterocycles. The zero-order valence-electron chi connectivity index (χ0n) is 13.6. The lowest BCUT2D eigenvalue weighted by atomic mass is 9.99. The van der Waals surface area contributed by atoms with Crippen LogP contribution in [0.25, 0.3) is 0 Å². The number of amides is 1. The van der Waals surface area contributed by atoms with Crippen molar-refractivity contribution in [1.82, 2.24) is 10.2 Å². The van der Waals surface area contributed by atoms with Crippen molar-refractivity contribution in [2.24, 2.45) is 11.8 Å². The van der Waals surface area contributed by atoms with Crippen LogP contribution in [0.1, 0.15) is 52.9 Å². The first-order valence-electron chi connectivity index (χ1n) is 8.14. The summed E-state index contributed by atoms with van der Waals surface area (Å²) in [4.78, 5) is 24.7. The van der Waals surface area contributed by atoms with E-state index in [0.717, 1.165) is 44.7 Å². The Morgan fingerprint density at radius 1 is 1.24 bits per heavy atom. The molecule has 0 aromatic rings. The van der Waals surface area contributed by atoms with Crippen molar-refractivity contribution in [3.8, 4) is 0 Å². The maximum Gasteiger partial charge on any atom is 0.306 e. The number of likely N-dealkylation sites (tertiary alicyclic amines) is 1. The van der Waals surface area contributed by atoms with Gasteiger partial charge in [0.05, 0.1) is 12.5 Å². The fourth-order valence-electron chi connectivity index (χ4n) is 2.59. The molecule has 0 saturated carbocycles. The quantitative estimate of drug-likeness (QED) is 0.720. The van der Waals surface area contributed by atoms with E-state index in [1.165, 1.54) is 0 Å². The van der Waals surface area contributed by atoms with Gasteiger partial charge in [-0.1, -0.05) is 20.3 Å². The van der Waals surface area contributed by atoms with Crippen molar-refractivity contribution >= 4 is 11.9 Å². The summed E-state index contributed by atoms with van der Waals surface area (Å²) in [5, 5.41) is 12.1. The Morgan fingerprint density at radius 3 is 2.43 bits per heavy atom. The maximum atomic E-state index is 12.1. The molecule has 0 aliphatic carbocycles. The molecule has 1 heterocycles. The zero-order valence-corrected chi connectivity index (χ0v) is 13.6. The van der Waals surface area contributed by atoms with Crippen LogP contribution in [0.15, 0.2) is 0 Å². The highest BCUT2D eigenvalue weighted by molar-refractivity contribution is 5.78. The summed E-state index contributed by atoms with van der Waals surface area (Å²) in [5.74, 6) is -0.0934. The Morgan fingerprint density at radius 2 is 1.86 bits per heavy atom. The first-order chi connectivity index (χ1) is 9.90. The van der Waals surface area contributed by atoms with Crippen LogP contribution < -0.4 is 5.32 Å². The highest BCUT2D eigenvalue weighted by Crippen LogP contribution is 2.15. The van der Waals surface area contributed by atoms with E-state index in [-0.39, 0.29) is 17.9 Å². The van der Waals surface area contributed by atoms with Crippen LogP contribution in [0, 0.1) is 11.8 Å². The average Bonchev–Trinajstić information content (AvgIpc) is 2.45. The van der Waals surface area contributed by atoms with Gasteiger partial charge >= 0.3 is 5.97 Å². The first-order valence-corrected chi connectivity index (χ1v) is 8.14. The molecule has 1 aliphatic heterocycles. The number of nitrogens with zero attached hydrogens (tertiary/aromatic N) is 1. The summed E-state index contributed by atoms with van der Waals surface area (Å²) in [6.45, 7) is 8.18. The van der Waals surface area contributed by atoms with Crippen LogP contribution in [0.2, 0.25) is 0 Å². The van der Waals surface area contributed by atoms with Crippen molar-refractivity contribution in [1.29, 1.82) is 0 Å². The minimum absolute atomic E-state index is 0.188. The molecule has 1 aliphatic rings. The molecular formula is C16H30N2O3. The fraction of sp³-hybridized carbons (Fsp3) is 0.875. The van der Waals surface area contributed by atoms with Crippen LogP contribution >= 0.6 is 0 Å². The van der Waals surface area contributed by atoms with Crippen LogP contribution in [-0.2, 0) is 9.59 Å². The lowest BCUT2D eigenvalue weighted by Crippen LogP contribution is -2.44. The van der Waals surface area contributed by atoms with E-state index >= 15 is 0 Å². The number of aliphatic carboxylic acids is 1. The molecule has 2 atom stereocenters. The van der Waals surface area contributed by atoms with Gasteiger partial charge in [0.2, 0.25) is 5.91 Å². The largest absolute Gasteiger partial charge is 0.481 e. The van der Waals surface area contributed by atoms with Crippen molar-refractivity contribution in [3.63, 3.8) is 0 Å². The second-order valence-corrected chi connectivity index (χ2v) is 6.52. The van der Waals surface area contributed by atoms with E-state index in [9.17, 15) is 9.59 Å². The van der Waals surface area contributed by atoms with Crippen molar-refractivity contribution in [2.45, 2.75) is 58.9 Å². The summed E-state index contributed by atoms with van der Waals surface area (Å²) in [7, 11) is 0. The minimum Gasteiger partial charge on any atom is -0.481 e. The number of carbonyl (C=O) groups excluding carboxylic acids is 1. The monoisotopic (exact) mass is 298 g/mol. The summed E-state index contributed by atoms with van der Waals surface area (Å²) >= 11 is 0. The Labute approximate surface area is 128 Å². The van der Waals surface area contributed by atoms with Crippen molar-refractivity contribution in [2.75, 3.05) is 19.6 Å². The summed E-state index contributed by atoms with van der Waals surface area (Å²) in [5.41, 5.74) is 0. The number of carboxylic acids is 1. The number of carboxylic acid groups (broad SMARTS) is 1. The standard InChI is InChI=1S/C16H30N2O3/c1-12-7-9-18(10-8-12)15(19)11-17-14(3)6-4-5-13(2)16(20)21/h12-14,17H,4-11H2,1-3H3,(H,20,21). The number of rotatable bonds is 8. The third-order valence-electron chi connectivity index (χ3n) is 4.43. The molecule has 1 fully saturated rings. The van der Waals surface area contributed by atoms with E-state index in [1.54, 1.807) is 6.92 Å². The highest BCUT2D eigenvalue weighted by atomic mass is 16.4. The number of carbonyl (C=O) groups is 2. The molecule has 1 rings (SSSR count). The molecule has 0 radical (unpaired) electrons. The maximum absolute atomic E-state index is 12.1. The van der Waals surface area contributed by atoms with Gasteiger partial charge in [0.1, 0.15) is 0 Å². The van der Waals surface area contributed by atoms with E-state index < -0.39 is 5.97 Å². The van der Waals surface area contributed by atoms with E-state index in [4.69, 9.17) is 5.11 Å². The molecular weight excluding hydrogens is 268 g/mol. The Balaban J connectivity index is 2.13. The molecule has 21 heavy (non-hydrogen) atoms. The van der Waals surface area contributed by atoms with Crippen LogP contribution in [0.3, 0.4) is 0 Å². The molecule has 2 unspecified atom stereocenters. The van der Waals surface area contributed by atoms with E-state index in [0.29, 0.717) is 13.0 Å². The summed E-state index contributed by atoms with van der Waals surface area (Å²) in [6.07, 6.45) is 4.68. The molecule has 5 nitrogen and oxygen atoms in total. The predicted molar refractivity (Wildman–Crippen MR) is 83.1 cm³/mol. The van der Waals surface area contributed by atoms with Gasteiger partial charge < -0.3 is 15.3 Å². The number of hydrogen-bond donors (Lipinski definition) is 2. The second kappa shape index (κ2) is 9.03. The number of nitrogens with one attached hydrogen (secondary N) is 1. The lowest BCUT2D eigenvalue weighted by molar-refractivity contribution is -0.141. The average molecular weight is 298 g/mol. The molecule has 0 bridgehead atoms. The Kier molecular flexibility index (Phi) is 7.72. The Hall–Kier alpha value is -1.10.